The van der Waals surface area contributed by atoms with Crippen LogP contribution in [0, 0.1) is 5.92 Å². The molecule has 0 radical (unpaired) electrons. The molecule has 3 aliphatic rings. The highest BCUT2D eigenvalue weighted by molar-refractivity contribution is 7.89. The van der Waals surface area contributed by atoms with E-state index in [-0.39, 0.29) is 16.3 Å². The molecule has 2 atom stereocenters. The van der Waals surface area contributed by atoms with E-state index in [4.69, 9.17) is 0 Å². The van der Waals surface area contributed by atoms with E-state index in [2.05, 4.69) is 30.3 Å². The molecule has 1 aliphatic carbocycles. The third-order valence-electron chi connectivity index (χ3n) is 7.89. The molecule has 0 spiro atoms. The standard InChI is InChI=1S/C23H37N3O3S/c1-17(2)30(28,29)26-10-7-18(8-11-26)15-24-23-14-19-5-6-20(27)13-21(19)22(3,16-23)9-12-25(23)4/h5-6,13,17-18,24,27H,7-12,14-16H2,1-4H3. The molecule has 7 heteroatoms. The first-order valence-electron chi connectivity index (χ1n) is 11.3. The van der Waals surface area contributed by atoms with Crippen molar-refractivity contribution in [2.24, 2.45) is 5.92 Å². The van der Waals surface area contributed by atoms with Gasteiger partial charge in [0.15, 0.2) is 0 Å². The van der Waals surface area contributed by atoms with E-state index >= 15 is 0 Å². The lowest BCUT2D eigenvalue weighted by Gasteiger charge is -2.57. The maximum Gasteiger partial charge on any atom is 0.216 e. The number of rotatable bonds is 5. The highest BCUT2D eigenvalue weighted by atomic mass is 32.2. The quantitative estimate of drug-likeness (QED) is 0.744. The van der Waals surface area contributed by atoms with E-state index in [1.54, 1.807) is 18.2 Å². The van der Waals surface area contributed by atoms with Gasteiger partial charge < -0.3 is 5.11 Å². The number of nitrogens with zero attached hydrogens (tertiary/aromatic N) is 2. The number of likely N-dealkylation sites (N-methyl/N-ethyl adjacent to an activating group) is 1. The van der Waals surface area contributed by atoms with E-state index < -0.39 is 10.0 Å². The first-order valence-corrected chi connectivity index (χ1v) is 12.8. The molecular formula is C23H37N3O3S. The minimum Gasteiger partial charge on any atom is -0.508 e. The fraction of sp³-hybridized carbons (Fsp3) is 0.739. The second-order valence-electron chi connectivity index (χ2n) is 10.3. The number of piperidine rings is 2. The van der Waals surface area contributed by atoms with Crippen molar-refractivity contribution in [1.82, 2.24) is 14.5 Å². The summed E-state index contributed by atoms with van der Waals surface area (Å²) < 4.78 is 26.6. The van der Waals surface area contributed by atoms with Gasteiger partial charge in [0.2, 0.25) is 10.0 Å². The smallest absolute Gasteiger partial charge is 0.216 e. The lowest BCUT2D eigenvalue weighted by Crippen LogP contribution is -2.67. The van der Waals surface area contributed by atoms with Gasteiger partial charge in [0, 0.05) is 26.1 Å². The van der Waals surface area contributed by atoms with Gasteiger partial charge in [0.1, 0.15) is 5.75 Å². The summed E-state index contributed by atoms with van der Waals surface area (Å²) in [6.07, 6.45) is 4.90. The molecule has 1 aromatic rings. The number of likely N-dealkylation sites (tertiary alicyclic amines) is 1. The van der Waals surface area contributed by atoms with Gasteiger partial charge in [-0.05, 0) is 87.7 Å². The van der Waals surface area contributed by atoms with Gasteiger partial charge in [0.05, 0.1) is 10.9 Å². The Balaban J connectivity index is 1.45. The Kier molecular flexibility index (Phi) is 5.71. The fourth-order valence-corrected chi connectivity index (χ4v) is 7.10. The molecule has 2 aliphatic heterocycles. The van der Waals surface area contributed by atoms with Gasteiger partial charge in [0.25, 0.3) is 0 Å². The van der Waals surface area contributed by atoms with E-state index in [0.29, 0.717) is 24.8 Å². The Morgan fingerprint density at radius 2 is 1.93 bits per heavy atom. The third-order valence-corrected chi connectivity index (χ3v) is 10.2. The van der Waals surface area contributed by atoms with E-state index in [1.807, 2.05) is 12.1 Å². The summed E-state index contributed by atoms with van der Waals surface area (Å²) in [7, 11) is -0.925. The molecule has 30 heavy (non-hydrogen) atoms. The largest absolute Gasteiger partial charge is 0.508 e. The molecule has 1 aromatic carbocycles. The maximum absolute atomic E-state index is 12.4. The van der Waals surface area contributed by atoms with Gasteiger partial charge in [-0.2, -0.15) is 0 Å². The van der Waals surface area contributed by atoms with Crippen LogP contribution in [0.5, 0.6) is 5.75 Å². The minimum absolute atomic E-state index is 0.0700. The van der Waals surface area contributed by atoms with Crippen molar-refractivity contribution in [3.63, 3.8) is 0 Å². The molecular weight excluding hydrogens is 398 g/mol. The second-order valence-corrected chi connectivity index (χ2v) is 12.8. The molecule has 2 bridgehead atoms. The van der Waals surface area contributed by atoms with Gasteiger partial charge >= 0.3 is 0 Å². The topological polar surface area (TPSA) is 72.9 Å². The number of fused-ring (bicyclic) bond motifs is 4. The Morgan fingerprint density at radius 1 is 1.23 bits per heavy atom. The van der Waals surface area contributed by atoms with Crippen LogP contribution in [0.15, 0.2) is 18.2 Å². The average Bonchev–Trinajstić information content (AvgIpc) is 2.71. The number of phenols is 1. The first-order chi connectivity index (χ1) is 14.1. The summed E-state index contributed by atoms with van der Waals surface area (Å²) in [5.74, 6) is 0.859. The van der Waals surface area contributed by atoms with Crippen LogP contribution < -0.4 is 5.32 Å². The predicted molar refractivity (Wildman–Crippen MR) is 120 cm³/mol. The molecule has 2 fully saturated rings. The molecule has 2 heterocycles. The number of nitrogens with one attached hydrogen (secondary N) is 1. The van der Waals surface area contributed by atoms with Crippen molar-refractivity contribution in [2.45, 2.75) is 69.2 Å². The lowest BCUT2D eigenvalue weighted by molar-refractivity contribution is -0.0104. The van der Waals surface area contributed by atoms with Gasteiger partial charge in [-0.3, -0.25) is 10.2 Å². The maximum atomic E-state index is 12.4. The molecule has 168 valence electrons. The Labute approximate surface area is 181 Å². The number of phenolic OH excluding ortho intramolecular Hbond substituents is 1. The minimum atomic E-state index is -3.14. The summed E-state index contributed by atoms with van der Waals surface area (Å²) in [6.45, 7) is 9.08. The molecule has 0 amide bonds. The van der Waals surface area contributed by atoms with E-state index in [0.717, 1.165) is 45.2 Å². The van der Waals surface area contributed by atoms with Crippen molar-refractivity contribution in [1.29, 1.82) is 0 Å². The van der Waals surface area contributed by atoms with Crippen LogP contribution in [0.4, 0.5) is 0 Å². The number of hydrogen-bond donors (Lipinski definition) is 2. The van der Waals surface area contributed by atoms with Crippen LogP contribution in [0.2, 0.25) is 0 Å². The number of aromatic hydroxyl groups is 1. The summed E-state index contributed by atoms with van der Waals surface area (Å²) >= 11 is 0. The molecule has 6 nitrogen and oxygen atoms in total. The predicted octanol–water partition coefficient (Wildman–Crippen LogP) is 2.67. The van der Waals surface area contributed by atoms with Crippen LogP contribution in [-0.4, -0.2) is 66.9 Å². The third kappa shape index (κ3) is 3.78. The van der Waals surface area contributed by atoms with Gasteiger partial charge in [-0.1, -0.05) is 13.0 Å². The Hall–Kier alpha value is -1.15. The SMILES string of the molecule is CC(C)S(=O)(=O)N1CCC(CNC23Cc4ccc(O)cc4C(C)(CCN2C)C3)CC1. The first kappa shape index (κ1) is 22.1. The van der Waals surface area contributed by atoms with Crippen molar-refractivity contribution >= 4 is 10.0 Å². The average molecular weight is 436 g/mol. The summed E-state index contributed by atoms with van der Waals surface area (Å²) in [5, 5.41) is 13.6. The number of hydrogen-bond acceptors (Lipinski definition) is 5. The van der Waals surface area contributed by atoms with E-state index in [9.17, 15) is 13.5 Å². The zero-order chi connectivity index (χ0) is 21.7. The van der Waals surface area contributed by atoms with Crippen molar-refractivity contribution in [3.8, 4) is 5.75 Å². The Morgan fingerprint density at radius 3 is 2.60 bits per heavy atom. The molecule has 2 N–H and O–H groups in total. The number of benzene rings is 1. The van der Waals surface area contributed by atoms with Crippen LogP contribution in [0.25, 0.3) is 0 Å². The molecule has 2 unspecified atom stereocenters. The van der Waals surface area contributed by atoms with Crippen LogP contribution in [0.1, 0.15) is 57.6 Å². The fourth-order valence-electron chi connectivity index (χ4n) is 5.78. The van der Waals surface area contributed by atoms with Crippen LogP contribution >= 0.6 is 0 Å². The highest BCUT2D eigenvalue weighted by Gasteiger charge is 2.50. The summed E-state index contributed by atoms with van der Waals surface area (Å²) in [4.78, 5) is 2.48. The van der Waals surface area contributed by atoms with Gasteiger partial charge in [-0.25, -0.2) is 12.7 Å². The van der Waals surface area contributed by atoms with Crippen molar-refractivity contribution in [2.75, 3.05) is 33.2 Å². The van der Waals surface area contributed by atoms with Gasteiger partial charge in [-0.15, -0.1) is 0 Å². The Bertz CT molecular complexity index is 895. The zero-order valence-electron chi connectivity index (χ0n) is 18.8. The van der Waals surface area contributed by atoms with Crippen molar-refractivity contribution < 1.29 is 13.5 Å². The van der Waals surface area contributed by atoms with Crippen LogP contribution in [0.3, 0.4) is 0 Å². The highest BCUT2D eigenvalue weighted by Crippen LogP contribution is 2.49. The van der Waals surface area contributed by atoms with Crippen molar-refractivity contribution in [3.05, 3.63) is 29.3 Å². The van der Waals surface area contributed by atoms with E-state index in [1.165, 1.54) is 11.1 Å². The monoisotopic (exact) mass is 435 g/mol. The molecule has 0 aromatic heterocycles. The molecule has 4 rings (SSSR count). The number of sulfonamides is 1. The van der Waals surface area contributed by atoms with Crippen LogP contribution in [-0.2, 0) is 21.9 Å². The second kappa shape index (κ2) is 7.76. The molecule has 0 saturated carbocycles. The normalized spacial score (nSPS) is 31.1. The zero-order valence-corrected chi connectivity index (χ0v) is 19.6. The molecule has 2 saturated heterocycles. The summed E-state index contributed by atoms with van der Waals surface area (Å²) in [5.41, 5.74) is 2.64. The summed E-state index contributed by atoms with van der Waals surface area (Å²) in [6, 6.07) is 5.87. The lowest BCUT2D eigenvalue weighted by atomic mass is 9.62.